The van der Waals surface area contributed by atoms with Gasteiger partial charge in [0.15, 0.2) is 0 Å². The van der Waals surface area contributed by atoms with E-state index in [2.05, 4.69) is 5.32 Å². The number of hydrogen-bond acceptors (Lipinski definition) is 1. The number of carbonyl (C=O) groups excluding carboxylic acids is 1. The van der Waals surface area contributed by atoms with E-state index in [1.54, 1.807) is 17.0 Å². The van der Waals surface area contributed by atoms with Gasteiger partial charge in [0.2, 0.25) is 0 Å². The Balaban J connectivity index is 2.66. The van der Waals surface area contributed by atoms with Crippen molar-refractivity contribution in [3.05, 3.63) is 30.4 Å². The van der Waals surface area contributed by atoms with Crippen molar-refractivity contribution in [2.24, 2.45) is 0 Å². The van der Waals surface area contributed by atoms with Gasteiger partial charge in [0.25, 0.3) is 0 Å². The van der Waals surface area contributed by atoms with E-state index in [9.17, 15) is 4.79 Å². The molecule has 1 radical (unpaired) electrons. The van der Waals surface area contributed by atoms with Crippen LogP contribution in [0.25, 0.3) is 0 Å². The molecule has 1 heterocycles. The lowest BCUT2D eigenvalue weighted by Gasteiger charge is -2.07. The van der Waals surface area contributed by atoms with Gasteiger partial charge in [-0.1, -0.05) is 6.92 Å². The molecule has 0 unspecified atom stereocenters. The van der Waals surface area contributed by atoms with Gasteiger partial charge in [-0.15, -0.1) is 0 Å². The summed E-state index contributed by atoms with van der Waals surface area (Å²) in [6.45, 7) is 5.82. The summed E-state index contributed by atoms with van der Waals surface area (Å²) in [4.78, 5) is 11.4. The Morgan fingerprint density at radius 3 is 2.77 bits per heavy atom. The molecule has 0 aliphatic heterocycles. The summed E-state index contributed by atoms with van der Waals surface area (Å²) in [5.41, 5.74) is 1.05. The van der Waals surface area contributed by atoms with Crippen LogP contribution in [0.2, 0.25) is 0 Å². The van der Waals surface area contributed by atoms with Gasteiger partial charge in [-0.05, 0) is 31.9 Å². The van der Waals surface area contributed by atoms with Gasteiger partial charge in [-0.2, -0.15) is 0 Å². The van der Waals surface area contributed by atoms with Crippen LogP contribution >= 0.6 is 0 Å². The average molecular weight is 179 g/mol. The minimum atomic E-state index is -0.0805. The van der Waals surface area contributed by atoms with Crippen LogP contribution < -0.4 is 5.32 Å². The molecule has 0 saturated carbocycles. The molecule has 0 aliphatic rings. The lowest BCUT2D eigenvalue weighted by atomic mass is 10.3. The first-order valence-corrected chi connectivity index (χ1v) is 4.41. The summed E-state index contributed by atoms with van der Waals surface area (Å²) in [7, 11) is 0. The lowest BCUT2D eigenvalue weighted by molar-refractivity contribution is 0.240. The number of nitrogens with one attached hydrogen (secondary N) is 1. The van der Waals surface area contributed by atoms with Gasteiger partial charge < -0.3 is 5.32 Å². The highest BCUT2D eigenvalue weighted by Crippen LogP contribution is 2.02. The third-order valence-electron chi connectivity index (χ3n) is 1.70. The largest absolute Gasteiger partial charge is 0.335 e. The molecule has 3 heteroatoms. The van der Waals surface area contributed by atoms with Crippen LogP contribution in [-0.2, 0) is 0 Å². The van der Waals surface area contributed by atoms with Gasteiger partial charge >= 0.3 is 6.03 Å². The predicted molar refractivity (Wildman–Crippen MR) is 52.6 cm³/mol. The zero-order valence-corrected chi connectivity index (χ0v) is 8.24. The molecule has 0 fully saturated rings. The summed E-state index contributed by atoms with van der Waals surface area (Å²) in [5.74, 6) is 0. The monoisotopic (exact) mass is 179 g/mol. The number of amides is 1. The molecule has 1 aromatic rings. The highest BCUT2D eigenvalue weighted by molar-refractivity contribution is 5.77. The summed E-state index contributed by atoms with van der Waals surface area (Å²) < 4.78 is 1.55. The van der Waals surface area contributed by atoms with Gasteiger partial charge in [0.1, 0.15) is 0 Å². The number of rotatable bonds is 2. The van der Waals surface area contributed by atoms with Crippen molar-refractivity contribution in [2.75, 3.05) is 0 Å². The Labute approximate surface area is 78.8 Å². The third-order valence-corrected chi connectivity index (χ3v) is 1.70. The molecule has 0 aliphatic carbocycles. The first kappa shape index (κ1) is 9.84. The topological polar surface area (TPSA) is 34.0 Å². The molecule has 1 aromatic heterocycles. The standard InChI is InChI=1S/C10H15N2O/c1-4-9-5-6-12(7-9)10(13)11-8(2)3/h4-8H,1-3H3,(H,11,13). The predicted octanol–water partition coefficient (Wildman–Crippen LogP) is 2.03. The van der Waals surface area contributed by atoms with Crippen LogP contribution in [0, 0.1) is 6.42 Å². The van der Waals surface area contributed by atoms with Crippen molar-refractivity contribution in [1.29, 1.82) is 0 Å². The molecule has 0 bridgehead atoms. The van der Waals surface area contributed by atoms with Crippen LogP contribution in [0.4, 0.5) is 4.79 Å². The van der Waals surface area contributed by atoms with E-state index >= 15 is 0 Å². The molecule has 0 spiro atoms. The van der Waals surface area contributed by atoms with Crippen LogP contribution in [0.3, 0.4) is 0 Å². The molecular formula is C10H15N2O. The molecule has 0 aromatic carbocycles. The van der Waals surface area contributed by atoms with Crippen LogP contribution in [0.15, 0.2) is 18.5 Å². The summed E-state index contributed by atoms with van der Waals surface area (Å²) >= 11 is 0. The fourth-order valence-electron chi connectivity index (χ4n) is 1.03. The first-order valence-electron chi connectivity index (χ1n) is 4.41. The van der Waals surface area contributed by atoms with Crippen molar-refractivity contribution in [3.8, 4) is 0 Å². The van der Waals surface area contributed by atoms with E-state index in [4.69, 9.17) is 0 Å². The van der Waals surface area contributed by atoms with Crippen molar-refractivity contribution in [1.82, 2.24) is 9.88 Å². The molecule has 3 nitrogen and oxygen atoms in total. The second-order valence-corrected chi connectivity index (χ2v) is 3.24. The summed E-state index contributed by atoms with van der Waals surface area (Å²) in [6.07, 6.45) is 5.52. The average Bonchev–Trinajstić information content (AvgIpc) is 2.50. The molecule has 1 rings (SSSR count). The van der Waals surface area contributed by atoms with E-state index in [0.717, 1.165) is 5.56 Å². The van der Waals surface area contributed by atoms with E-state index in [-0.39, 0.29) is 12.1 Å². The molecule has 0 atom stereocenters. The SMILES string of the molecule is C[CH]c1ccn(C(=O)NC(C)C)c1. The number of nitrogens with zero attached hydrogens (tertiary/aromatic N) is 1. The van der Waals surface area contributed by atoms with E-state index in [0.29, 0.717) is 0 Å². The van der Waals surface area contributed by atoms with E-state index < -0.39 is 0 Å². The highest BCUT2D eigenvalue weighted by atomic mass is 16.2. The van der Waals surface area contributed by atoms with Gasteiger partial charge in [0.05, 0.1) is 0 Å². The molecular weight excluding hydrogens is 164 g/mol. The number of aromatic nitrogens is 1. The third kappa shape index (κ3) is 2.61. The smallest absolute Gasteiger partial charge is 0.325 e. The second-order valence-electron chi connectivity index (χ2n) is 3.24. The summed E-state index contributed by atoms with van der Waals surface area (Å²) in [5, 5.41) is 2.81. The maximum Gasteiger partial charge on any atom is 0.325 e. The molecule has 71 valence electrons. The maximum atomic E-state index is 11.4. The Bertz CT molecular complexity index is 289. The van der Waals surface area contributed by atoms with E-state index in [1.165, 1.54) is 0 Å². The lowest BCUT2D eigenvalue weighted by Crippen LogP contribution is -2.33. The molecule has 0 saturated heterocycles. The first-order chi connectivity index (χ1) is 6.13. The van der Waals surface area contributed by atoms with Crippen molar-refractivity contribution < 1.29 is 4.79 Å². The zero-order chi connectivity index (χ0) is 9.84. The fourth-order valence-corrected chi connectivity index (χ4v) is 1.03. The molecule has 1 amide bonds. The Morgan fingerprint density at radius 1 is 1.62 bits per heavy atom. The molecule has 1 N–H and O–H groups in total. The highest BCUT2D eigenvalue weighted by Gasteiger charge is 2.05. The fraction of sp³-hybridized carbons (Fsp3) is 0.400. The van der Waals surface area contributed by atoms with Crippen LogP contribution in [0.5, 0.6) is 0 Å². The molecule has 13 heavy (non-hydrogen) atoms. The van der Waals surface area contributed by atoms with Crippen LogP contribution in [0.1, 0.15) is 26.3 Å². The zero-order valence-electron chi connectivity index (χ0n) is 8.24. The minimum Gasteiger partial charge on any atom is -0.335 e. The number of carbonyl (C=O) groups is 1. The van der Waals surface area contributed by atoms with Crippen molar-refractivity contribution in [2.45, 2.75) is 26.8 Å². The van der Waals surface area contributed by atoms with Gasteiger partial charge in [-0.25, -0.2) is 4.79 Å². The number of hydrogen-bond donors (Lipinski definition) is 1. The van der Waals surface area contributed by atoms with Crippen molar-refractivity contribution in [3.63, 3.8) is 0 Å². The van der Waals surface area contributed by atoms with Crippen molar-refractivity contribution >= 4 is 6.03 Å². The normalized spacial score (nSPS) is 10.5. The van der Waals surface area contributed by atoms with Gasteiger partial charge in [-0.3, -0.25) is 4.57 Å². The van der Waals surface area contributed by atoms with Crippen LogP contribution in [-0.4, -0.2) is 16.6 Å². The second kappa shape index (κ2) is 4.12. The van der Waals surface area contributed by atoms with E-state index in [1.807, 2.05) is 33.3 Å². The Morgan fingerprint density at radius 2 is 2.31 bits per heavy atom. The minimum absolute atomic E-state index is 0.0805. The van der Waals surface area contributed by atoms with Gasteiger partial charge in [0, 0.05) is 18.4 Å². The maximum absolute atomic E-state index is 11.4. The summed E-state index contributed by atoms with van der Waals surface area (Å²) in [6, 6.07) is 1.99. The quantitative estimate of drug-likeness (QED) is 0.740. The Kier molecular flexibility index (Phi) is 3.12. The Hall–Kier alpha value is -1.25.